The normalized spacial score (nSPS) is 15.9. The SMILES string of the molecule is CS(=O)(=O)N1CCN(C(=O)COC(=O)c2ccc(SC(F)F)cc2)CC1. The van der Waals surface area contributed by atoms with E-state index in [2.05, 4.69) is 0 Å². The predicted molar refractivity (Wildman–Crippen MR) is 91.6 cm³/mol. The Bertz CT molecular complexity index is 748. The Morgan fingerprint density at radius 2 is 1.73 bits per heavy atom. The van der Waals surface area contributed by atoms with Gasteiger partial charge in [0.15, 0.2) is 6.61 Å². The molecule has 1 aromatic rings. The number of amides is 1. The largest absolute Gasteiger partial charge is 0.452 e. The van der Waals surface area contributed by atoms with Gasteiger partial charge in [-0.15, -0.1) is 0 Å². The Morgan fingerprint density at radius 3 is 2.23 bits per heavy atom. The molecular weight excluding hydrogens is 390 g/mol. The van der Waals surface area contributed by atoms with Crippen LogP contribution in [0.25, 0.3) is 0 Å². The zero-order valence-electron chi connectivity index (χ0n) is 13.9. The molecule has 1 aromatic carbocycles. The van der Waals surface area contributed by atoms with Gasteiger partial charge in [-0.05, 0) is 24.3 Å². The lowest BCUT2D eigenvalue weighted by molar-refractivity contribution is -0.135. The number of carbonyl (C=O) groups excluding carboxylic acids is 2. The van der Waals surface area contributed by atoms with Crippen LogP contribution < -0.4 is 0 Å². The van der Waals surface area contributed by atoms with Gasteiger partial charge < -0.3 is 9.64 Å². The van der Waals surface area contributed by atoms with Crippen molar-refractivity contribution < 1.29 is 31.5 Å². The minimum Gasteiger partial charge on any atom is -0.452 e. The molecule has 1 amide bonds. The second-order valence-corrected chi connectivity index (χ2v) is 8.57. The lowest BCUT2D eigenvalue weighted by atomic mass is 10.2. The van der Waals surface area contributed by atoms with Gasteiger partial charge in [0.2, 0.25) is 10.0 Å². The Morgan fingerprint density at radius 1 is 1.15 bits per heavy atom. The molecule has 1 fully saturated rings. The minimum absolute atomic E-state index is 0.151. The van der Waals surface area contributed by atoms with Crippen molar-refractivity contribution in [1.82, 2.24) is 9.21 Å². The average molecular weight is 408 g/mol. The smallest absolute Gasteiger partial charge is 0.338 e. The second-order valence-electron chi connectivity index (χ2n) is 5.52. The molecule has 26 heavy (non-hydrogen) atoms. The number of ether oxygens (including phenoxy) is 1. The summed E-state index contributed by atoms with van der Waals surface area (Å²) in [5.41, 5.74) is 0.151. The summed E-state index contributed by atoms with van der Waals surface area (Å²) in [4.78, 5) is 25.7. The summed E-state index contributed by atoms with van der Waals surface area (Å²) in [7, 11) is -3.29. The molecule has 1 aliphatic heterocycles. The number of halogens is 2. The molecule has 0 bridgehead atoms. The third-order valence-corrected chi connectivity index (χ3v) is 5.73. The van der Waals surface area contributed by atoms with Crippen LogP contribution in [0.4, 0.5) is 8.78 Å². The topological polar surface area (TPSA) is 84.0 Å². The van der Waals surface area contributed by atoms with Crippen LogP contribution in [0.1, 0.15) is 10.4 Å². The molecule has 1 saturated heterocycles. The number of sulfonamides is 1. The van der Waals surface area contributed by atoms with Crippen LogP contribution in [0.15, 0.2) is 29.2 Å². The summed E-state index contributed by atoms with van der Waals surface area (Å²) >= 11 is 0.365. The maximum absolute atomic E-state index is 12.2. The molecule has 2 rings (SSSR count). The van der Waals surface area contributed by atoms with Crippen molar-refractivity contribution in [2.24, 2.45) is 0 Å². The quantitative estimate of drug-likeness (QED) is 0.521. The maximum atomic E-state index is 12.2. The number of hydrogen-bond acceptors (Lipinski definition) is 6. The Labute approximate surface area is 154 Å². The first-order chi connectivity index (χ1) is 12.2. The summed E-state index contributed by atoms with van der Waals surface area (Å²) in [5, 5.41) is 0. The monoisotopic (exact) mass is 408 g/mol. The van der Waals surface area contributed by atoms with Gasteiger partial charge in [0.1, 0.15) is 0 Å². The zero-order valence-corrected chi connectivity index (χ0v) is 15.6. The van der Waals surface area contributed by atoms with Crippen molar-refractivity contribution in [3.63, 3.8) is 0 Å². The molecular formula is C15H18F2N2O5S2. The number of piperazine rings is 1. The van der Waals surface area contributed by atoms with E-state index in [1.54, 1.807) is 0 Å². The number of thioether (sulfide) groups is 1. The van der Waals surface area contributed by atoms with Crippen LogP contribution >= 0.6 is 11.8 Å². The number of esters is 1. The Kier molecular flexibility index (Phi) is 6.95. The van der Waals surface area contributed by atoms with Crippen molar-refractivity contribution in [2.75, 3.05) is 39.0 Å². The highest BCUT2D eigenvalue weighted by Crippen LogP contribution is 2.25. The van der Waals surface area contributed by atoms with Gasteiger partial charge in [0, 0.05) is 31.1 Å². The van der Waals surface area contributed by atoms with Crippen molar-refractivity contribution in [3.05, 3.63) is 29.8 Å². The standard InChI is InChI=1S/C15H18F2N2O5S2/c1-26(22,23)19-8-6-18(7-9-19)13(20)10-24-14(21)11-2-4-12(5-3-11)25-15(16)17/h2-5,15H,6-10H2,1H3. The number of nitrogens with zero attached hydrogens (tertiary/aromatic N) is 2. The first-order valence-corrected chi connectivity index (χ1v) is 10.3. The first kappa shape index (κ1) is 20.6. The fraction of sp³-hybridized carbons (Fsp3) is 0.467. The average Bonchev–Trinajstić information content (AvgIpc) is 2.59. The van der Waals surface area contributed by atoms with E-state index in [9.17, 15) is 26.8 Å². The predicted octanol–water partition coefficient (Wildman–Crippen LogP) is 1.26. The molecule has 0 aliphatic carbocycles. The third-order valence-electron chi connectivity index (χ3n) is 3.70. The Hall–Kier alpha value is -1.72. The molecule has 7 nitrogen and oxygen atoms in total. The molecule has 0 radical (unpaired) electrons. The highest BCUT2D eigenvalue weighted by molar-refractivity contribution is 7.99. The highest BCUT2D eigenvalue weighted by atomic mass is 32.2. The van der Waals surface area contributed by atoms with Crippen LogP contribution in [0.2, 0.25) is 0 Å². The van der Waals surface area contributed by atoms with Gasteiger partial charge in [-0.3, -0.25) is 4.79 Å². The summed E-state index contributed by atoms with van der Waals surface area (Å²) in [6, 6.07) is 5.45. The van der Waals surface area contributed by atoms with Crippen LogP contribution in [0.3, 0.4) is 0 Å². The van der Waals surface area contributed by atoms with Gasteiger partial charge in [0.25, 0.3) is 11.7 Å². The number of hydrogen-bond donors (Lipinski definition) is 0. The van der Waals surface area contributed by atoms with Gasteiger partial charge in [0.05, 0.1) is 11.8 Å². The van der Waals surface area contributed by atoms with Crippen molar-refractivity contribution >= 4 is 33.7 Å². The molecule has 0 aromatic heterocycles. The number of carbonyl (C=O) groups is 2. The fourth-order valence-corrected chi connectivity index (χ4v) is 3.67. The van der Waals surface area contributed by atoms with E-state index in [1.165, 1.54) is 33.5 Å². The van der Waals surface area contributed by atoms with Crippen molar-refractivity contribution in [1.29, 1.82) is 0 Å². The van der Waals surface area contributed by atoms with Crippen LogP contribution in [0.5, 0.6) is 0 Å². The summed E-state index contributed by atoms with van der Waals surface area (Å²) in [6.45, 7) is 0.376. The lowest BCUT2D eigenvalue weighted by Gasteiger charge is -2.33. The van der Waals surface area contributed by atoms with Crippen LogP contribution in [-0.4, -0.2) is 74.3 Å². The van der Waals surface area contributed by atoms with Crippen LogP contribution in [-0.2, 0) is 19.6 Å². The first-order valence-electron chi connectivity index (χ1n) is 7.61. The molecule has 1 heterocycles. The van der Waals surface area contributed by atoms with E-state index >= 15 is 0 Å². The molecule has 144 valence electrons. The summed E-state index contributed by atoms with van der Waals surface area (Å²) < 4.78 is 53.6. The van der Waals surface area contributed by atoms with E-state index in [1.807, 2.05) is 0 Å². The number of alkyl halides is 2. The molecule has 0 saturated carbocycles. The van der Waals surface area contributed by atoms with Gasteiger partial charge in [-0.1, -0.05) is 11.8 Å². The lowest BCUT2D eigenvalue weighted by Crippen LogP contribution is -2.51. The van der Waals surface area contributed by atoms with Crippen LogP contribution in [0, 0.1) is 0 Å². The maximum Gasteiger partial charge on any atom is 0.338 e. The molecule has 0 unspecified atom stereocenters. The molecule has 1 aliphatic rings. The molecule has 0 N–H and O–H groups in total. The summed E-state index contributed by atoms with van der Waals surface area (Å²) in [6.07, 6.45) is 1.11. The zero-order chi connectivity index (χ0) is 19.3. The molecule has 11 heteroatoms. The van der Waals surface area contributed by atoms with E-state index in [0.29, 0.717) is 16.7 Å². The Balaban J connectivity index is 1.81. The fourth-order valence-electron chi connectivity index (χ4n) is 2.34. The van der Waals surface area contributed by atoms with Crippen molar-refractivity contribution in [2.45, 2.75) is 10.7 Å². The van der Waals surface area contributed by atoms with E-state index in [-0.39, 0.29) is 31.7 Å². The minimum atomic E-state index is -3.29. The van der Waals surface area contributed by atoms with E-state index in [4.69, 9.17) is 4.74 Å². The number of benzene rings is 1. The van der Waals surface area contributed by atoms with Crippen molar-refractivity contribution in [3.8, 4) is 0 Å². The number of rotatable bonds is 6. The van der Waals surface area contributed by atoms with Gasteiger partial charge >= 0.3 is 5.97 Å². The van der Waals surface area contributed by atoms with Gasteiger partial charge in [-0.25, -0.2) is 13.2 Å². The van der Waals surface area contributed by atoms with E-state index < -0.39 is 34.3 Å². The second kappa shape index (κ2) is 8.78. The molecule has 0 atom stereocenters. The third kappa shape index (κ3) is 5.92. The van der Waals surface area contributed by atoms with Gasteiger partial charge in [-0.2, -0.15) is 13.1 Å². The summed E-state index contributed by atoms with van der Waals surface area (Å²) in [5.74, 6) is -3.70. The van der Waals surface area contributed by atoms with E-state index in [0.717, 1.165) is 6.26 Å². The highest BCUT2D eigenvalue weighted by Gasteiger charge is 2.26. The molecule has 0 spiro atoms.